The minimum atomic E-state index is 0. The van der Waals surface area contributed by atoms with E-state index in [1.807, 2.05) is 36.4 Å². The molecule has 0 N–H and O–H groups in total. The first-order valence-electron chi connectivity index (χ1n) is 6.78. The smallest absolute Gasteiger partial charge is 0.307 e. The fourth-order valence-corrected chi connectivity index (χ4v) is 1.74. The predicted molar refractivity (Wildman–Crippen MR) is 85.3 cm³/mol. The Morgan fingerprint density at radius 2 is 1.10 bits per heavy atom. The molecule has 21 heavy (non-hydrogen) atoms. The minimum Gasteiger partial charge on any atom is -0.307 e. The fourth-order valence-electron chi connectivity index (χ4n) is 1.74. The molecule has 0 radical (unpaired) electrons. The van der Waals surface area contributed by atoms with E-state index in [-0.39, 0.29) is 17.4 Å². The van der Waals surface area contributed by atoms with Gasteiger partial charge in [0.15, 0.2) is 0 Å². The first-order valence-corrected chi connectivity index (χ1v) is 6.78. The average molecular weight is 320 g/mol. The Balaban J connectivity index is 0.000000364. The van der Waals surface area contributed by atoms with E-state index >= 15 is 0 Å². The fraction of sp³-hybridized carbons (Fsp3) is 0.333. The summed E-state index contributed by atoms with van der Waals surface area (Å²) in [7, 11) is 8.23. The normalized spacial score (nSPS) is 9.81. The summed E-state index contributed by atoms with van der Waals surface area (Å²) in [5.74, 6) is 0. The summed E-state index contributed by atoms with van der Waals surface area (Å²) in [5.41, 5.74) is 2.49. The quantitative estimate of drug-likeness (QED) is 0.799. The van der Waals surface area contributed by atoms with E-state index in [1.54, 1.807) is 0 Å². The van der Waals surface area contributed by atoms with E-state index in [4.69, 9.17) is 0 Å². The summed E-state index contributed by atoms with van der Waals surface area (Å²) < 4.78 is 0. The van der Waals surface area contributed by atoms with Gasteiger partial charge in [0, 0.05) is 13.1 Å². The number of benzene rings is 2. The van der Waals surface area contributed by atoms with Gasteiger partial charge in [0.25, 0.3) is 0 Å². The Labute approximate surface area is 140 Å². The molecule has 0 heterocycles. The zero-order valence-electron chi connectivity index (χ0n) is 13.3. The van der Waals surface area contributed by atoms with Crippen LogP contribution in [0.4, 0.5) is 0 Å². The first kappa shape index (κ1) is 19.9. The summed E-state index contributed by atoms with van der Waals surface area (Å²) in [4.78, 5) is 4.26. The van der Waals surface area contributed by atoms with Gasteiger partial charge in [0.2, 0.25) is 0 Å². The Hall–Kier alpha value is -1.11. The minimum absolute atomic E-state index is 0. The maximum atomic E-state index is 3.16. The SMILES string of the molecule is CN(C)Cc1[c-]cccc1.CN(C)Cc1[c-]cccc1.[Cr+2]. The Kier molecular flexibility index (Phi) is 10.9. The van der Waals surface area contributed by atoms with E-state index < -0.39 is 0 Å². The van der Waals surface area contributed by atoms with Crippen LogP contribution in [0.25, 0.3) is 0 Å². The maximum absolute atomic E-state index is 3.16. The molecular formula is C18H24CrN2. The molecule has 0 amide bonds. The monoisotopic (exact) mass is 320 g/mol. The summed E-state index contributed by atoms with van der Waals surface area (Å²) in [6, 6.07) is 22.4. The second-order valence-corrected chi connectivity index (χ2v) is 5.25. The van der Waals surface area contributed by atoms with E-state index in [1.165, 1.54) is 11.1 Å². The summed E-state index contributed by atoms with van der Waals surface area (Å²) in [6.45, 7) is 1.95. The summed E-state index contributed by atoms with van der Waals surface area (Å²) >= 11 is 0. The van der Waals surface area contributed by atoms with Crippen molar-refractivity contribution in [1.82, 2.24) is 9.80 Å². The van der Waals surface area contributed by atoms with Crippen LogP contribution in [-0.4, -0.2) is 38.0 Å². The van der Waals surface area contributed by atoms with Crippen molar-refractivity contribution in [3.8, 4) is 0 Å². The van der Waals surface area contributed by atoms with E-state index in [0.29, 0.717) is 0 Å². The Morgan fingerprint density at radius 1 is 0.714 bits per heavy atom. The van der Waals surface area contributed by atoms with Crippen molar-refractivity contribution >= 4 is 0 Å². The van der Waals surface area contributed by atoms with Crippen molar-refractivity contribution in [1.29, 1.82) is 0 Å². The molecule has 2 aromatic carbocycles. The zero-order valence-corrected chi connectivity index (χ0v) is 14.6. The van der Waals surface area contributed by atoms with Crippen LogP contribution >= 0.6 is 0 Å². The molecule has 0 aliphatic rings. The van der Waals surface area contributed by atoms with Crippen LogP contribution in [0.15, 0.2) is 48.5 Å². The van der Waals surface area contributed by atoms with Gasteiger partial charge in [0.1, 0.15) is 0 Å². The maximum Gasteiger partial charge on any atom is 2.00 e. The van der Waals surface area contributed by atoms with Crippen molar-refractivity contribution in [3.63, 3.8) is 0 Å². The van der Waals surface area contributed by atoms with E-state index in [2.05, 4.69) is 62.3 Å². The van der Waals surface area contributed by atoms with Gasteiger partial charge in [-0.1, -0.05) is 0 Å². The average Bonchev–Trinajstić information content (AvgIpc) is 2.40. The molecule has 0 saturated carbocycles. The topological polar surface area (TPSA) is 6.48 Å². The first-order chi connectivity index (χ1) is 9.58. The molecular weight excluding hydrogens is 296 g/mol. The third-order valence-electron chi connectivity index (χ3n) is 2.52. The number of nitrogens with zero attached hydrogens (tertiary/aromatic N) is 2. The molecule has 2 nitrogen and oxygen atoms in total. The zero-order chi connectivity index (χ0) is 14.8. The number of hydrogen-bond donors (Lipinski definition) is 0. The van der Waals surface area contributed by atoms with Gasteiger partial charge in [-0.3, -0.25) is 0 Å². The van der Waals surface area contributed by atoms with Crippen LogP contribution in [0.1, 0.15) is 11.1 Å². The van der Waals surface area contributed by atoms with Gasteiger partial charge in [-0.05, 0) is 28.2 Å². The molecule has 0 bridgehead atoms. The molecule has 0 atom stereocenters. The van der Waals surface area contributed by atoms with Gasteiger partial charge in [-0.15, -0.1) is 11.1 Å². The van der Waals surface area contributed by atoms with Gasteiger partial charge in [-0.2, -0.15) is 60.7 Å². The van der Waals surface area contributed by atoms with Crippen LogP contribution in [0.2, 0.25) is 0 Å². The van der Waals surface area contributed by atoms with Gasteiger partial charge < -0.3 is 9.80 Å². The molecule has 3 heteroatoms. The Morgan fingerprint density at radius 3 is 1.33 bits per heavy atom. The van der Waals surface area contributed by atoms with Crippen molar-refractivity contribution < 1.29 is 17.4 Å². The van der Waals surface area contributed by atoms with Crippen molar-refractivity contribution in [3.05, 3.63) is 71.8 Å². The van der Waals surface area contributed by atoms with E-state index in [9.17, 15) is 0 Å². The molecule has 0 fully saturated rings. The van der Waals surface area contributed by atoms with Gasteiger partial charge in [-0.25, -0.2) is 0 Å². The molecule has 0 unspecified atom stereocenters. The van der Waals surface area contributed by atoms with Crippen molar-refractivity contribution in [2.75, 3.05) is 28.2 Å². The second-order valence-electron chi connectivity index (χ2n) is 5.25. The predicted octanol–water partition coefficient (Wildman–Crippen LogP) is 3.09. The van der Waals surface area contributed by atoms with E-state index in [0.717, 1.165) is 13.1 Å². The number of hydrogen-bond acceptors (Lipinski definition) is 2. The molecule has 0 aromatic heterocycles. The van der Waals surface area contributed by atoms with Crippen molar-refractivity contribution in [2.45, 2.75) is 13.1 Å². The third-order valence-corrected chi connectivity index (χ3v) is 2.52. The van der Waals surface area contributed by atoms with Crippen molar-refractivity contribution in [2.24, 2.45) is 0 Å². The Bertz CT molecular complexity index is 410. The molecule has 0 aliphatic heterocycles. The van der Waals surface area contributed by atoms with Crippen LogP contribution in [0, 0.1) is 12.1 Å². The molecule has 0 aliphatic carbocycles. The molecule has 112 valence electrons. The molecule has 2 aromatic rings. The molecule has 0 saturated heterocycles. The van der Waals surface area contributed by atoms with Crippen LogP contribution in [0.5, 0.6) is 0 Å². The summed E-state index contributed by atoms with van der Waals surface area (Å²) in [5, 5.41) is 0. The largest absolute Gasteiger partial charge is 2.00 e. The molecule has 2 rings (SSSR count). The number of rotatable bonds is 4. The third kappa shape index (κ3) is 10.3. The molecule has 0 spiro atoms. The van der Waals surface area contributed by atoms with Crippen LogP contribution in [0.3, 0.4) is 0 Å². The van der Waals surface area contributed by atoms with Gasteiger partial charge in [0.05, 0.1) is 0 Å². The van der Waals surface area contributed by atoms with Gasteiger partial charge >= 0.3 is 17.4 Å². The van der Waals surface area contributed by atoms with Crippen LogP contribution in [-0.2, 0) is 30.5 Å². The second kappa shape index (κ2) is 11.5. The summed E-state index contributed by atoms with van der Waals surface area (Å²) in [6.07, 6.45) is 0. The van der Waals surface area contributed by atoms with Crippen LogP contribution < -0.4 is 0 Å². The standard InChI is InChI=1S/2C9H12N.Cr/c2*1-10(2)8-9-6-4-3-5-7-9;/h2*3-6H,8H2,1-2H3;/q2*-1;+2.